The number of carbonyl (C=O) groups excluding carboxylic acids is 3. The standard InChI is InChI=1S/C21H22N2O6/c1-3-11-29-21(28)16-10-9-15(22-18(24)4-2)12-17(16)23-19(25)13-5-7-14(8-6-13)20(26)27/h5-10,12H,3-4,11H2,1-2H3,(H,22,24)(H,23,25)(H,26,27). The van der Waals surface area contributed by atoms with Crippen LogP contribution in [-0.4, -0.2) is 35.5 Å². The number of carboxylic acids is 1. The van der Waals surface area contributed by atoms with Crippen LogP contribution < -0.4 is 10.6 Å². The van der Waals surface area contributed by atoms with E-state index in [1.54, 1.807) is 13.0 Å². The number of amides is 2. The highest BCUT2D eigenvalue weighted by Gasteiger charge is 2.17. The van der Waals surface area contributed by atoms with Crippen molar-refractivity contribution in [3.63, 3.8) is 0 Å². The largest absolute Gasteiger partial charge is 0.478 e. The third-order valence-electron chi connectivity index (χ3n) is 3.92. The molecule has 29 heavy (non-hydrogen) atoms. The minimum Gasteiger partial charge on any atom is -0.478 e. The number of esters is 1. The zero-order valence-corrected chi connectivity index (χ0v) is 16.2. The zero-order valence-electron chi connectivity index (χ0n) is 16.2. The second kappa shape index (κ2) is 10.0. The van der Waals surface area contributed by atoms with Gasteiger partial charge in [-0.1, -0.05) is 13.8 Å². The molecule has 2 amide bonds. The van der Waals surface area contributed by atoms with Gasteiger partial charge in [0, 0.05) is 17.7 Å². The topological polar surface area (TPSA) is 122 Å². The van der Waals surface area contributed by atoms with E-state index >= 15 is 0 Å². The Morgan fingerprint density at radius 3 is 2.17 bits per heavy atom. The molecule has 0 aromatic heterocycles. The van der Waals surface area contributed by atoms with Crippen molar-refractivity contribution >= 4 is 35.1 Å². The molecule has 2 aromatic carbocycles. The number of nitrogens with one attached hydrogen (secondary N) is 2. The fourth-order valence-electron chi connectivity index (χ4n) is 2.38. The molecule has 3 N–H and O–H groups in total. The first-order chi connectivity index (χ1) is 13.8. The smallest absolute Gasteiger partial charge is 0.340 e. The fraction of sp³-hybridized carbons (Fsp3) is 0.238. The fourth-order valence-corrected chi connectivity index (χ4v) is 2.38. The van der Waals surface area contributed by atoms with E-state index in [1.807, 2.05) is 6.92 Å². The molecule has 0 atom stereocenters. The summed E-state index contributed by atoms with van der Waals surface area (Å²) in [5.74, 6) is -2.45. The first kappa shape index (κ1) is 21.6. The average Bonchev–Trinajstić information content (AvgIpc) is 2.72. The van der Waals surface area contributed by atoms with E-state index in [0.717, 1.165) is 0 Å². The molecule has 2 aromatic rings. The van der Waals surface area contributed by atoms with Crippen molar-refractivity contribution in [1.82, 2.24) is 0 Å². The van der Waals surface area contributed by atoms with Gasteiger partial charge in [-0.05, 0) is 48.9 Å². The first-order valence-electron chi connectivity index (χ1n) is 9.11. The third-order valence-corrected chi connectivity index (χ3v) is 3.92. The van der Waals surface area contributed by atoms with Crippen molar-refractivity contribution in [3.8, 4) is 0 Å². The van der Waals surface area contributed by atoms with Gasteiger partial charge in [-0.2, -0.15) is 0 Å². The van der Waals surface area contributed by atoms with Crippen LogP contribution in [0, 0.1) is 0 Å². The monoisotopic (exact) mass is 398 g/mol. The molecular formula is C21H22N2O6. The van der Waals surface area contributed by atoms with E-state index in [2.05, 4.69) is 10.6 Å². The molecule has 0 bridgehead atoms. The Hall–Kier alpha value is -3.68. The van der Waals surface area contributed by atoms with Crippen molar-refractivity contribution < 1.29 is 29.0 Å². The third kappa shape index (κ3) is 5.90. The molecule has 0 unspecified atom stereocenters. The number of rotatable bonds is 8. The summed E-state index contributed by atoms with van der Waals surface area (Å²) >= 11 is 0. The summed E-state index contributed by atoms with van der Waals surface area (Å²) in [5, 5.41) is 14.2. The molecule has 8 heteroatoms. The quantitative estimate of drug-likeness (QED) is 0.585. The summed E-state index contributed by atoms with van der Waals surface area (Å²) in [6, 6.07) is 9.85. The highest BCUT2D eigenvalue weighted by Crippen LogP contribution is 2.23. The van der Waals surface area contributed by atoms with Crippen LogP contribution in [-0.2, 0) is 9.53 Å². The molecule has 8 nitrogen and oxygen atoms in total. The summed E-state index contributed by atoms with van der Waals surface area (Å²) in [5.41, 5.74) is 0.997. The summed E-state index contributed by atoms with van der Waals surface area (Å²) < 4.78 is 5.15. The van der Waals surface area contributed by atoms with Gasteiger partial charge in [0.25, 0.3) is 5.91 Å². The summed E-state index contributed by atoms with van der Waals surface area (Å²) in [6.45, 7) is 3.80. The lowest BCUT2D eigenvalue weighted by molar-refractivity contribution is -0.115. The molecule has 0 spiro atoms. The maximum Gasteiger partial charge on any atom is 0.340 e. The van der Waals surface area contributed by atoms with E-state index in [1.165, 1.54) is 36.4 Å². The van der Waals surface area contributed by atoms with Crippen LogP contribution in [0.25, 0.3) is 0 Å². The Bertz CT molecular complexity index is 921. The Morgan fingerprint density at radius 1 is 0.931 bits per heavy atom. The van der Waals surface area contributed by atoms with E-state index in [4.69, 9.17) is 9.84 Å². The van der Waals surface area contributed by atoms with Gasteiger partial charge in [-0.25, -0.2) is 9.59 Å². The number of hydrogen-bond donors (Lipinski definition) is 3. The molecule has 2 rings (SSSR count). The van der Waals surface area contributed by atoms with Gasteiger partial charge in [0.1, 0.15) is 0 Å². The number of carbonyl (C=O) groups is 4. The lowest BCUT2D eigenvalue weighted by Gasteiger charge is -2.13. The van der Waals surface area contributed by atoms with Gasteiger partial charge < -0.3 is 20.5 Å². The van der Waals surface area contributed by atoms with E-state index in [9.17, 15) is 19.2 Å². The minimum atomic E-state index is -1.10. The Kier molecular flexibility index (Phi) is 7.47. The number of aromatic carboxylic acids is 1. The van der Waals surface area contributed by atoms with Gasteiger partial charge in [0.05, 0.1) is 23.4 Å². The van der Waals surface area contributed by atoms with Gasteiger partial charge in [-0.15, -0.1) is 0 Å². The van der Waals surface area contributed by atoms with Crippen molar-refractivity contribution in [2.45, 2.75) is 26.7 Å². The van der Waals surface area contributed by atoms with Crippen LogP contribution in [0.15, 0.2) is 42.5 Å². The number of anilines is 2. The molecule has 0 saturated heterocycles. The van der Waals surface area contributed by atoms with Gasteiger partial charge in [-0.3, -0.25) is 9.59 Å². The second-order valence-electron chi connectivity index (χ2n) is 6.13. The molecule has 0 radical (unpaired) electrons. The lowest BCUT2D eigenvalue weighted by atomic mass is 10.1. The summed E-state index contributed by atoms with van der Waals surface area (Å²) in [4.78, 5) is 47.5. The van der Waals surface area contributed by atoms with Gasteiger partial charge in [0.15, 0.2) is 0 Å². The molecule has 0 aliphatic carbocycles. The van der Waals surface area contributed by atoms with Crippen LogP contribution in [0.2, 0.25) is 0 Å². The number of benzene rings is 2. The summed E-state index contributed by atoms with van der Waals surface area (Å²) in [7, 11) is 0. The maximum absolute atomic E-state index is 12.6. The van der Waals surface area contributed by atoms with E-state index in [-0.39, 0.29) is 41.3 Å². The van der Waals surface area contributed by atoms with Crippen molar-refractivity contribution in [1.29, 1.82) is 0 Å². The first-order valence-corrected chi connectivity index (χ1v) is 9.11. The van der Waals surface area contributed by atoms with Crippen LogP contribution in [0.1, 0.15) is 57.8 Å². The Morgan fingerprint density at radius 2 is 1.59 bits per heavy atom. The molecular weight excluding hydrogens is 376 g/mol. The molecule has 0 aliphatic rings. The van der Waals surface area contributed by atoms with Crippen molar-refractivity contribution in [2.24, 2.45) is 0 Å². The van der Waals surface area contributed by atoms with Crippen LogP contribution >= 0.6 is 0 Å². The molecule has 0 aliphatic heterocycles. The van der Waals surface area contributed by atoms with Crippen LogP contribution in [0.3, 0.4) is 0 Å². The van der Waals surface area contributed by atoms with Gasteiger partial charge >= 0.3 is 11.9 Å². The van der Waals surface area contributed by atoms with Crippen LogP contribution in [0.4, 0.5) is 11.4 Å². The summed E-state index contributed by atoms with van der Waals surface area (Å²) in [6.07, 6.45) is 0.923. The highest BCUT2D eigenvalue weighted by molar-refractivity contribution is 6.09. The minimum absolute atomic E-state index is 0.0506. The normalized spacial score (nSPS) is 10.1. The Labute approximate surface area is 167 Å². The van der Waals surface area contributed by atoms with Gasteiger partial charge in [0.2, 0.25) is 5.91 Å². The van der Waals surface area contributed by atoms with Crippen molar-refractivity contribution in [2.75, 3.05) is 17.2 Å². The zero-order chi connectivity index (χ0) is 21.4. The number of carboxylic acid groups (broad SMARTS) is 1. The Balaban J connectivity index is 2.31. The predicted molar refractivity (Wildman–Crippen MR) is 107 cm³/mol. The van der Waals surface area contributed by atoms with E-state index < -0.39 is 17.8 Å². The number of ether oxygens (including phenoxy) is 1. The lowest BCUT2D eigenvalue weighted by Crippen LogP contribution is -2.17. The highest BCUT2D eigenvalue weighted by atomic mass is 16.5. The van der Waals surface area contributed by atoms with E-state index in [0.29, 0.717) is 12.1 Å². The predicted octanol–water partition coefficient (Wildman–Crippen LogP) is 3.55. The van der Waals surface area contributed by atoms with Crippen LogP contribution in [0.5, 0.6) is 0 Å². The van der Waals surface area contributed by atoms with Crippen molar-refractivity contribution in [3.05, 3.63) is 59.2 Å². The molecule has 152 valence electrons. The maximum atomic E-state index is 12.6. The second-order valence-corrected chi connectivity index (χ2v) is 6.13. The SMILES string of the molecule is CCCOC(=O)c1ccc(NC(=O)CC)cc1NC(=O)c1ccc(C(=O)O)cc1. The average molecular weight is 398 g/mol. The molecule has 0 saturated carbocycles. The number of hydrogen-bond acceptors (Lipinski definition) is 5. The molecule has 0 fully saturated rings. The molecule has 0 heterocycles.